The minimum atomic E-state index is 0.269. The van der Waals surface area contributed by atoms with Crippen molar-refractivity contribution in [1.82, 2.24) is 4.90 Å². The monoisotopic (exact) mass is 152 g/mol. The van der Waals surface area contributed by atoms with Crippen LogP contribution in [0, 0.1) is 0 Å². The molecule has 0 aromatic carbocycles. The van der Waals surface area contributed by atoms with Gasteiger partial charge in [-0.25, -0.2) is 0 Å². The Morgan fingerprint density at radius 2 is 2.18 bits per heavy atom. The van der Waals surface area contributed by atoms with E-state index in [9.17, 15) is 4.79 Å². The van der Waals surface area contributed by atoms with Crippen molar-refractivity contribution < 1.29 is 4.79 Å². The van der Waals surface area contributed by atoms with Gasteiger partial charge in [0.2, 0.25) is 5.91 Å². The van der Waals surface area contributed by atoms with Gasteiger partial charge in [-0.05, 0) is 12.8 Å². The van der Waals surface area contributed by atoms with Crippen LogP contribution in [0.15, 0.2) is 4.99 Å². The number of rotatable bonds is 0. The molecular formula is C8H12N2O. The average molecular weight is 152 g/mol. The molecule has 0 radical (unpaired) electrons. The van der Waals surface area contributed by atoms with Crippen LogP contribution in [0.4, 0.5) is 0 Å². The molecule has 1 fully saturated rings. The number of carbonyl (C=O) groups excluding carboxylic acids is 1. The van der Waals surface area contributed by atoms with Gasteiger partial charge in [-0.2, -0.15) is 0 Å². The fraction of sp³-hybridized carbons (Fsp3) is 0.750. The number of likely N-dealkylation sites (tertiary alicyclic amines) is 1. The van der Waals surface area contributed by atoms with Gasteiger partial charge in [-0.1, -0.05) is 0 Å². The molecule has 0 saturated carbocycles. The summed E-state index contributed by atoms with van der Waals surface area (Å²) in [5.41, 5.74) is 0. The lowest BCUT2D eigenvalue weighted by molar-refractivity contribution is -0.124. The van der Waals surface area contributed by atoms with E-state index in [0.717, 1.165) is 44.6 Å². The molecule has 1 amide bonds. The maximum absolute atomic E-state index is 11.2. The average Bonchev–Trinajstić information content (AvgIpc) is 2.55. The van der Waals surface area contributed by atoms with Crippen molar-refractivity contribution in [1.29, 1.82) is 0 Å². The van der Waals surface area contributed by atoms with Crippen LogP contribution in [0.5, 0.6) is 0 Å². The Kier molecular flexibility index (Phi) is 1.64. The lowest BCUT2D eigenvalue weighted by Gasteiger charge is -2.14. The predicted molar refractivity (Wildman–Crippen MR) is 42.5 cm³/mol. The Labute approximate surface area is 66.1 Å². The van der Waals surface area contributed by atoms with Crippen molar-refractivity contribution >= 4 is 11.7 Å². The summed E-state index contributed by atoms with van der Waals surface area (Å²) in [5, 5.41) is 0. The first kappa shape index (κ1) is 6.83. The SMILES string of the molecule is O=C1CCCN1C1=NCCC1. The van der Waals surface area contributed by atoms with Crippen molar-refractivity contribution in [3.05, 3.63) is 0 Å². The van der Waals surface area contributed by atoms with E-state index in [0.29, 0.717) is 0 Å². The number of carbonyl (C=O) groups is 1. The molecule has 3 heteroatoms. The van der Waals surface area contributed by atoms with E-state index >= 15 is 0 Å². The Hall–Kier alpha value is -0.860. The standard InChI is InChI=1S/C8H12N2O/c11-8-4-2-6-10(8)7-3-1-5-9-7/h1-6H2. The van der Waals surface area contributed by atoms with E-state index in [2.05, 4.69) is 4.99 Å². The van der Waals surface area contributed by atoms with Crippen LogP contribution in [0.3, 0.4) is 0 Å². The third-order valence-corrected chi connectivity index (χ3v) is 2.24. The smallest absolute Gasteiger partial charge is 0.227 e. The number of hydrogen-bond donors (Lipinski definition) is 0. The van der Waals surface area contributed by atoms with Gasteiger partial charge in [-0.15, -0.1) is 0 Å². The lowest BCUT2D eigenvalue weighted by Crippen LogP contribution is -2.30. The van der Waals surface area contributed by atoms with Crippen LogP contribution in [0.2, 0.25) is 0 Å². The van der Waals surface area contributed by atoms with Crippen LogP contribution in [0.1, 0.15) is 25.7 Å². The highest BCUT2D eigenvalue weighted by atomic mass is 16.2. The first-order valence-electron chi connectivity index (χ1n) is 4.21. The van der Waals surface area contributed by atoms with Gasteiger partial charge < -0.3 is 4.90 Å². The molecule has 2 heterocycles. The zero-order valence-corrected chi connectivity index (χ0v) is 6.55. The maximum atomic E-state index is 11.2. The van der Waals surface area contributed by atoms with Crippen molar-refractivity contribution in [2.45, 2.75) is 25.7 Å². The summed E-state index contributed by atoms with van der Waals surface area (Å²) in [6.07, 6.45) is 3.86. The number of nitrogens with zero attached hydrogens (tertiary/aromatic N) is 2. The summed E-state index contributed by atoms with van der Waals surface area (Å²) in [6, 6.07) is 0. The van der Waals surface area contributed by atoms with Crippen molar-refractivity contribution in [2.75, 3.05) is 13.1 Å². The van der Waals surface area contributed by atoms with Gasteiger partial charge >= 0.3 is 0 Å². The molecular weight excluding hydrogens is 140 g/mol. The van der Waals surface area contributed by atoms with Gasteiger partial charge in [0, 0.05) is 25.9 Å². The first-order chi connectivity index (χ1) is 5.38. The Morgan fingerprint density at radius 1 is 1.27 bits per heavy atom. The predicted octanol–water partition coefficient (Wildman–Crippen LogP) is 0.801. The van der Waals surface area contributed by atoms with E-state index in [1.54, 1.807) is 0 Å². The van der Waals surface area contributed by atoms with E-state index in [4.69, 9.17) is 0 Å². The number of aliphatic imine (C=N–C) groups is 1. The number of amidine groups is 1. The topological polar surface area (TPSA) is 32.7 Å². The molecule has 3 nitrogen and oxygen atoms in total. The molecule has 0 N–H and O–H groups in total. The molecule has 2 aliphatic rings. The normalized spacial score (nSPS) is 24.5. The lowest BCUT2D eigenvalue weighted by atomic mass is 10.3. The van der Waals surface area contributed by atoms with Gasteiger partial charge in [0.25, 0.3) is 0 Å². The zero-order chi connectivity index (χ0) is 7.68. The molecule has 0 aromatic rings. The van der Waals surface area contributed by atoms with Crippen LogP contribution in [-0.4, -0.2) is 29.7 Å². The van der Waals surface area contributed by atoms with Crippen LogP contribution in [-0.2, 0) is 4.79 Å². The number of hydrogen-bond acceptors (Lipinski definition) is 2. The van der Waals surface area contributed by atoms with E-state index in [1.165, 1.54) is 0 Å². The molecule has 11 heavy (non-hydrogen) atoms. The second-order valence-corrected chi connectivity index (χ2v) is 3.05. The molecule has 0 aromatic heterocycles. The highest BCUT2D eigenvalue weighted by molar-refractivity contribution is 6.00. The maximum Gasteiger partial charge on any atom is 0.227 e. The van der Waals surface area contributed by atoms with Crippen molar-refractivity contribution in [3.63, 3.8) is 0 Å². The third-order valence-electron chi connectivity index (χ3n) is 2.24. The first-order valence-corrected chi connectivity index (χ1v) is 4.21. The summed E-state index contributed by atoms with van der Waals surface area (Å²) in [5.74, 6) is 1.30. The van der Waals surface area contributed by atoms with Gasteiger partial charge in [0.05, 0.1) is 0 Å². The van der Waals surface area contributed by atoms with Gasteiger partial charge in [0.1, 0.15) is 5.84 Å². The number of amides is 1. The largest absolute Gasteiger partial charge is 0.301 e. The zero-order valence-electron chi connectivity index (χ0n) is 6.55. The van der Waals surface area contributed by atoms with Crippen LogP contribution in [0.25, 0.3) is 0 Å². The highest BCUT2D eigenvalue weighted by Gasteiger charge is 2.25. The van der Waals surface area contributed by atoms with E-state index in [-0.39, 0.29) is 5.91 Å². The van der Waals surface area contributed by atoms with Crippen molar-refractivity contribution in [3.8, 4) is 0 Å². The minimum Gasteiger partial charge on any atom is -0.301 e. The highest BCUT2D eigenvalue weighted by Crippen LogP contribution is 2.16. The van der Waals surface area contributed by atoms with E-state index < -0.39 is 0 Å². The molecule has 0 unspecified atom stereocenters. The van der Waals surface area contributed by atoms with E-state index in [1.807, 2.05) is 4.90 Å². The quantitative estimate of drug-likeness (QED) is 0.505. The molecule has 0 aliphatic carbocycles. The summed E-state index contributed by atoms with van der Waals surface area (Å²) in [4.78, 5) is 17.4. The summed E-state index contributed by atoms with van der Waals surface area (Å²) in [6.45, 7) is 1.82. The fourth-order valence-electron chi connectivity index (χ4n) is 1.67. The second-order valence-electron chi connectivity index (χ2n) is 3.05. The molecule has 0 bridgehead atoms. The van der Waals surface area contributed by atoms with Crippen LogP contribution >= 0.6 is 0 Å². The molecule has 0 atom stereocenters. The summed E-state index contributed by atoms with van der Waals surface area (Å²) < 4.78 is 0. The van der Waals surface area contributed by atoms with Crippen LogP contribution < -0.4 is 0 Å². The molecule has 2 aliphatic heterocycles. The van der Waals surface area contributed by atoms with Gasteiger partial charge in [0.15, 0.2) is 0 Å². The third kappa shape index (κ3) is 1.15. The summed E-state index contributed by atoms with van der Waals surface area (Å²) >= 11 is 0. The van der Waals surface area contributed by atoms with Crippen molar-refractivity contribution in [2.24, 2.45) is 4.99 Å². The van der Waals surface area contributed by atoms with Gasteiger partial charge in [-0.3, -0.25) is 9.79 Å². The molecule has 1 saturated heterocycles. The summed E-state index contributed by atoms with van der Waals surface area (Å²) in [7, 11) is 0. The Morgan fingerprint density at radius 3 is 2.73 bits per heavy atom. The Bertz CT molecular complexity index is 210. The minimum absolute atomic E-state index is 0.269. The molecule has 2 rings (SSSR count). The molecule has 60 valence electrons. The fourth-order valence-corrected chi connectivity index (χ4v) is 1.67. The Balaban J connectivity index is 2.08. The molecule has 0 spiro atoms. The second kappa shape index (κ2) is 2.64.